The van der Waals surface area contributed by atoms with Crippen molar-refractivity contribution in [3.63, 3.8) is 0 Å². The molecule has 0 aliphatic heterocycles. The van der Waals surface area contributed by atoms with Crippen LogP contribution < -0.4 is 0 Å². The Labute approximate surface area is 126 Å². The van der Waals surface area contributed by atoms with Crippen LogP contribution in [0.15, 0.2) is 96.6 Å². The fraction of sp³-hybridized carbons (Fsp3) is 0.0476. The highest BCUT2D eigenvalue weighted by Crippen LogP contribution is 2.27. The Morgan fingerprint density at radius 3 is 2.24 bits per heavy atom. The van der Waals surface area contributed by atoms with Crippen molar-refractivity contribution in [3.8, 4) is 0 Å². The molecule has 0 N–H and O–H groups in total. The Morgan fingerprint density at radius 1 is 0.857 bits per heavy atom. The van der Waals surface area contributed by atoms with Crippen molar-refractivity contribution in [3.05, 3.63) is 108 Å². The molecule has 0 saturated carbocycles. The molecule has 21 heavy (non-hydrogen) atoms. The molecule has 0 atom stereocenters. The van der Waals surface area contributed by atoms with E-state index in [0.717, 1.165) is 6.42 Å². The molecule has 0 spiro atoms. The van der Waals surface area contributed by atoms with E-state index in [2.05, 4.69) is 91.1 Å². The van der Waals surface area contributed by atoms with Gasteiger partial charge in [-0.1, -0.05) is 97.1 Å². The van der Waals surface area contributed by atoms with Gasteiger partial charge in [0, 0.05) is 0 Å². The molecule has 0 heterocycles. The first-order valence-electron chi connectivity index (χ1n) is 7.29. The lowest BCUT2D eigenvalue weighted by atomic mass is 9.98. The van der Waals surface area contributed by atoms with Gasteiger partial charge >= 0.3 is 0 Å². The van der Waals surface area contributed by atoms with E-state index in [1.165, 1.54) is 22.3 Å². The van der Waals surface area contributed by atoms with Gasteiger partial charge in [0.1, 0.15) is 0 Å². The highest BCUT2D eigenvalue weighted by molar-refractivity contribution is 5.84. The summed E-state index contributed by atoms with van der Waals surface area (Å²) in [4.78, 5) is 0. The second-order valence-corrected chi connectivity index (χ2v) is 5.01. The van der Waals surface area contributed by atoms with Crippen LogP contribution in [0.1, 0.15) is 17.5 Å². The van der Waals surface area contributed by atoms with Gasteiger partial charge in [-0.05, 0) is 28.7 Å². The number of hydrogen-bond acceptors (Lipinski definition) is 0. The average molecular weight is 270 g/mol. The summed E-state index contributed by atoms with van der Waals surface area (Å²) >= 11 is 0. The van der Waals surface area contributed by atoms with Gasteiger partial charge in [-0.15, -0.1) is 0 Å². The first kappa shape index (κ1) is 13.4. The van der Waals surface area contributed by atoms with Crippen LogP contribution in [0.2, 0.25) is 0 Å². The summed E-state index contributed by atoms with van der Waals surface area (Å²) in [5, 5.41) is 0. The summed E-state index contributed by atoms with van der Waals surface area (Å²) in [5.41, 5.74) is 5.06. The van der Waals surface area contributed by atoms with E-state index >= 15 is 0 Å². The highest BCUT2D eigenvalue weighted by atomic mass is 14.1. The number of benzene rings is 2. The maximum absolute atomic E-state index is 2.27. The lowest BCUT2D eigenvalue weighted by molar-refractivity contribution is 1.44. The van der Waals surface area contributed by atoms with Gasteiger partial charge in [-0.2, -0.15) is 0 Å². The molecule has 0 nitrogen and oxygen atoms in total. The van der Waals surface area contributed by atoms with Crippen molar-refractivity contribution in [2.45, 2.75) is 6.42 Å². The summed E-state index contributed by atoms with van der Waals surface area (Å²) in [6, 6.07) is 20.9. The Bertz CT molecular complexity index is 698. The van der Waals surface area contributed by atoms with Gasteiger partial charge in [-0.25, -0.2) is 0 Å². The fourth-order valence-corrected chi connectivity index (χ4v) is 2.45. The second kappa shape index (κ2) is 6.71. The lowest BCUT2D eigenvalue weighted by Crippen LogP contribution is -1.85. The molecule has 0 aromatic heterocycles. The molecule has 0 saturated heterocycles. The van der Waals surface area contributed by atoms with E-state index in [0.29, 0.717) is 0 Å². The predicted octanol–water partition coefficient (Wildman–Crippen LogP) is 5.67. The summed E-state index contributed by atoms with van der Waals surface area (Å²) < 4.78 is 0. The van der Waals surface area contributed by atoms with Gasteiger partial charge in [0.2, 0.25) is 0 Å². The van der Waals surface area contributed by atoms with Crippen LogP contribution in [-0.4, -0.2) is 0 Å². The minimum absolute atomic E-state index is 1.03. The third-order valence-electron chi connectivity index (χ3n) is 3.52. The standard InChI is InChI=1S/C21H18/c1-3-10-18(11-4-1)12-9-17-21(20-15-7-8-16-20)19-13-5-2-6-14-19/h1-7,9-17H,8H2. The van der Waals surface area contributed by atoms with Crippen molar-refractivity contribution >= 4 is 11.6 Å². The molecule has 0 bridgehead atoms. The first-order chi connectivity index (χ1) is 10.4. The summed E-state index contributed by atoms with van der Waals surface area (Å²) in [7, 11) is 0. The predicted molar refractivity (Wildman–Crippen MR) is 91.7 cm³/mol. The Hall–Kier alpha value is -2.60. The smallest absolute Gasteiger partial charge is 0.0115 e. The molecule has 2 aromatic carbocycles. The van der Waals surface area contributed by atoms with Crippen molar-refractivity contribution in [2.75, 3.05) is 0 Å². The molecule has 0 fully saturated rings. The van der Waals surface area contributed by atoms with Crippen LogP contribution in [0.5, 0.6) is 0 Å². The number of hydrogen-bond donors (Lipinski definition) is 0. The zero-order valence-corrected chi connectivity index (χ0v) is 11.9. The zero-order chi connectivity index (χ0) is 14.3. The van der Waals surface area contributed by atoms with Gasteiger partial charge in [-0.3, -0.25) is 0 Å². The van der Waals surface area contributed by atoms with E-state index in [-0.39, 0.29) is 0 Å². The van der Waals surface area contributed by atoms with E-state index in [4.69, 9.17) is 0 Å². The van der Waals surface area contributed by atoms with E-state index in [9.17, 15) is 0 Å². The van der Waals surface area contributed by atoms with Crippen LogP contribution in [0, 0.1) is 0 Å². The normalized spacial score (nSPS) is 14.7. The molecule has 102 valence electrons. The molecule has 0 radical (unpaired) electrons. The molecular formula is C21H18. The summed E-state index contributed by atoms with van der Waals surface area (Å²) in [5.74, 6) is 0. The molecule has 1 aliphatic carbocycles. The van der Waals surface area contributed by atoms with E-state index < -0.39 is 0 Å². The fourth-order valence-electron chi connectivity index (χ4n) is 2.45. The minimum Gasteiger partial charge on any atom is -0.0801 e. The maximum atomic E-state index is 2.27. The van der Waals surface area contributed by atoms with Gasteiger partial charge in [0.25, 0.3) is 0 Å². The van der Waals surface area contributed by atoms with Crippen LogP contribution >= 0.6 is 0 Å². The number of rotatable bonds is 4. The molecule has 0 amide bonds. The van der Waals surface area contributed by atoms with Crippen LogP contribution in [0.4, 0.5) is 0 Å². The highest BCUT2D eigenvalue weighted by Gasteiger charge is 2.06. The van der Waals surface area contributed by atoms with Crippen molar-refractivity contribution < 1.29 is 0 Å². The first-order valence-corrected chi connectivity index (χ1v) is 7.29. The van der Waals surface area contributed by atoms with E-state index in [1.807, 2.05) is 6.07 Å². The van der Waals surface area contributed by atoms with Gasteiger partial charge < -0.3 is 0 Å². The Kier molecular flexibility index (Phi) is 4.28. The van der Waals surface area contributed by atoms with E-state index in [1.54, 1.807) is 0 Å². The second-order valence-electron chi connectivity index (χ2n) is 5.01. The topological polar surface area (TPSA) is 0 Å². The monoisotopic (exact) mass is 270 g/mol. The molecule has 0 heteroatoms. The summed E-state index contributed by atoms with van der Waals surface area (Å²) in [6.07, 6.45) is 14.2. The van der Waals surface area contributed by atoms with Crippen LogP contribution in [0.3, 0.4) is 0 Å². The number of allylic oxidation sites excluding steroid dienone is 7. The maximum Gasteiger partial charge on any atom is -0.0115 e. The van der Waals surface area contributed by atoms with Crippen molar-refractivity contribution in [1.82, 2.24) is 0 Å². The molecular weight excluding hydrogens is 252 g/mol. The lowest BCUT2D eigenvalue weighted by Gasteiger charge is -2.06. The Balaban J connectivity index is 1.91. The average Bonchev–Trinajstić information content (AvgIpc) is 3.07. The van der Waals surface area contributed by atoms with Crippen LogP contribution in [0.25, 0.3) is 11.6 Å². The molecule has 3 rings (SSSR count). The van der Waals surface area contributed by atoms with Crippen LogP contribution in [-0.2, 0) is 0 Å². The van der Waals surface area contributed by atoms with Gasteiger partial charge in [0.15, 0.2) is 0 Å². The largest absolute Gasteiger partial charge is 0.0801 e. The zero-order valence-electron chi connectivity index (χ0n) is 11.9. The minimum atomic E-state index is 1.03. The van der Waals surface area contributed by atoms with Gasteiger partial charge in [0.05, 0.1) is 0 Å². The third-order valence-corrected chi connectivity index (χ3v) is 3.52. The molecule has 0 unspecified atom stereocenters. The SMILES string of the molecule is C(=Cc1ccccc1)C=C(C1=CCC=C1)c1ccccc1. The molecule has 2 aromatic rings. The van der Waals surface area contributed by atoms with Crippen molar-refractivity contribution in [1.29, 1.82) is 0 Å². The third kappa shape index (κ3) is 3.49. The summed E-state index contributed by atoms with van der Waals surface area (Å²) in [6.45, 7) is 0. The Morgan fingerprint density at radius 2 is 1.57 bits per heavy atom. The quantitative estimate of drug-likeness (QED) is 0.628. The van der Waals surface area contributed by atoms with Crippen molar-refractivity contribution in [2.24, 2.45) is 0 Å². The molecule has 1 aliphatic rings.